The summed E-state index contributed by atoms with van der Waals surface area (Å²) in [6.45, 7) is 3.80. The number of aryl methyl sites for hydroxylation is 1. The Hall–Kier alpha value is -1.46. The van der Waals surface area contributed by atoms with E-state index in [0.29, 0.717) is 5.82 Å². The highest BCUT2D eigenvalue weighted by Crippen LogP contribution is 2.32. The molecule has 5 heteroatoms. The van der Waals surface area contributed by atoms with Crippen LogP contribution in [0.4, 0.5) is 0 Å². The van der Waals surface area contributed by atoms with E-state index in [9.17, 15) is 0 Å². The molecule has 1 aromatic carbocycles. The van der Waals surface area contributed by atoms with Crippen LogP contribution in [0.5, 0.6) is 5.75 Å². The van der Waals surface area contributed by atoms with Crippen molar-refractivity contribution in [3.05, 3.63) is 40.3 Å². The summed E-state index contributed by atoms with van der Waals surface area (Å²) >= 11 is 3.47. The number of hydrogen-bond donors (Lipinski definition) is 1. The van der Waals surface area contributed by atoms with Crippen LogP contribution in [-0.4, -0.2) is 17.1 Å². The number of benzene rings is 1. The smallest absolute Gasteiger partial charge is 0.145 e. The second-order valence-electron chi connectivity index (χ2n) is 4.39. The van der Waals surface area contributed by atoms with Gasteiger partial charge >= 0.3 is 0 Å². The Labute approximate surface area is 121 Å². The molecule has 0 saturated heterocycles. The Kier molecular flexibility index (Phi) is 4.17. The van der Waals surface area contributed by atoms with Crippen LogP contribution in [0, 0.1) is 6.92 Å². The van der Waals surface area contributed by atoms with E-state index in [1.54, 1.807) is 7.11 Å². The third kappa shape index (κ3) is 3.11. The van der Waals surface area contributed by atoms with Crippen molar-refractivity contribution in [2.24, 2.45) is 5.73 Å². The quantitative estimate of drug-likeness (QED) is 0.942. The first-order valence-corrected chi connectivity index (χ1v) is 6.75. The fourth-order valence-corrected chi connectivity index (χ4v) is 2.17. The van der Waals surface area contributed by atoms with Crippen LogP contribution in [0.25, 0.3) is 11.3 Å². The molecule has 2 N–H and O–H groups in total. The molecular weight excluding hydrogens is 306 g/mol. The van der Waals surface area contributed by atoms with Crippen LogP contribution in [0.15, 0.2) is 28.7 Å². The SMILES string of the molecule is COc1ccc(Br)cc1-c1cc(C)nc(C(C)N)n1. The highest BCUT2D eigenvalue weighted by Gasteiger charge is 2.12. The lowest BCUT2D eigenvalue weighted by Gasteiger charge is -2.11. The second kappa shape index (κ2) is 5.67. The van der Waals surface area contributed by atoms with Crippen molar-refractivity contribution >= 4 is 15.9 Å². The number of methoxy groups -OCH3 is 1. The first-order valence-electron chi connectivity index (χ1n) is 5.96. The summed E-state index contributed by atoms with van der Waals surface area (Å²) < 4.78 is 6.36. The summed E-state index contributed by atoms with van der Waals surface area (Å²) in [6.07, 6.45) is 0. The van der Waals surface area contributed by atoms with Crippen molar-refractivity contribution < 1.29 is 4.74 Å². The van der Waals surface area contributed by atoms with Gasteiger partial charge in [0.05, 0.1) is 18.8 Å². The zero-order chi connectivity index (χ0) is 14.0. The van der Waals surface area contributed by atoms with Crippen molar-refractivity contribution in [2.75, 3.05) is 7.11 Å². The zero-order valence-electron chi connectivity index (χ0n) is 11.1. The van der Waals surface area contributed by atoms with Gasteiger partial charge in [-0.3, -0.25) is 0 Å². The molecule has 0 saturated carbocycles. The van der Waals surface area contributed by atoms with E-state index < -0.39 is 0 Å². The summed E-state index contributed by atoms with van der Waals surface area (Å²) in [5.41, 5.74) is 8.49. The molecule has 2 aromatic rings. The summed E-state index contributed by atoms with van der Waals surface area (Å²) in [7, 11) is 1.65. The zero-order valence-corrected chi connectivity index (χ0v) is 12.7. The fourth-order valence-electron chi connectivity index (χ4n) is 1.81. The molecule has 0 bridgehead atoms. The first kappa shape index (κ1) is 14.0. The van der Waals surface area contributed by atoms with Crippen LogP contribution in [0.3, 0.4) is 0 Å². The number of halogens is 1. The van der Waals surface area contributed by atoms with E-state index >= 15 is 0 Å². The molecule has 0 spiro atoms. The van der Waals surface area contributed by atoms with Gasteiger partial charge in [0.1, 0.15) is 11.6 Å². The lowest BCUT2D eigenvalue weighted by Crippen LogP contribution is -2.11. The van der Waals surface area contributed by atoms with Gasteiger partial charge in [-0.25, -0.2) is 9.97 Å². The number of nitrogens with zero attached hydrogens (tertiary/aromatic N) is 2. The maximum atomic E-state index is 5.86. The van der Waals surface area contributed by atoms with Crippen LogP contribution in [-0.2, 0) is 0 Å². The van der Waals surface area contributed by atoms with Crippen LogP contribution >= 0.6 is 15.9 Å². The summed E-state index contributed by atoms with van der Waals surface area (Å²) in [4.78, 5) is 8.86. The molecule has 0 aliphatic rings. The van der Waals surface area contributed by atoms with E-state index in [0.717, 1.165) is 27.2 Å². The number of nitrogens with two attached hydrogens (primary N) is 1. The number of aromatic nitrogens is 2. The van der Waals surface area contributed by atoms with E-state index in [2.05, 4.69) is 25.9 Å². The molecule has 100 valence electrons. The van der Waals surface area contributed by atoms with Crippen molar-refractivity contribution in [1.82, 2.24) is 9.97 Å². The average molecular weight is 322 g/mol. The van der Waals surface area contributed by atoms with E-state index in [4.69, 9.17) is 10.5 Å². The second-order valence-corrected chi connectivity index (χ2v) is 5.30. The molecule has 19 heavy (non-hydrogen) atoms. The van der Waals surface area contributed by atoms with Gasteiger partial charge in [-0.05, 0) is 38.1 Å². The molecule has 0 aliphatic heterocycles. The molecule has 1 unspecified atom stereocenters. The minimum absolute atomic E-state index is 0.197. The molecular formula is C14H16BrN3O. The third-order valence-electron chi connectivity index (χ3n) is 2.72. The summed E-state index contributed by atoms with van der Waals surface area (Å²) in [6, 6.07) is 7.55. The third-order valence-corrected chi connectivity index (χ3v) is 3.21. The maximum Gasteiger partial charge on any atom is 0.145 e. The van der Waals surface area contributed by atoms with Crippen LogP contribution in [0.2, 0.25) is 0 Å². The highest BCUT2D eigenvalue weighted by molar-refractivity contribution is 9.10. The Morgan fingerprint density at radius 3 is 2.63 bits per heavy atom. The van der Waals surface area contributed by atoms with E-state index in [1.165, 1.54) is 0 Å². The minimum Gasteiger partial charge on any atom is -0.496 e. The van der Waals surface area contributed by atoms with Crippen molar-refractivity contribution in [1.29, 1.82) is 0 Å². The lowest BCUT2D eigenvalue weighted by molar-refractivity contribution is 0.416. The van der Waals surface area contributed by atoms with Crippen LogP contribution < -0.4 is 10.5 Å². The topological polar surface area (TPSA) is 61.0 Å². The van der Waals surface area contributed by atoms with Gasteiger partial charge < -0.3 is 10.5 Å². The maximum absolute atomic E-state index is 5.86. The molecule has 0 aliphatic carbocycles. The summed E-state index contributed by atoms with van der Waals surface area (Å²) in [5, 5.41) is 0. The molecule has 2 rings (SSSR count). The fraction of sp³-hybridized carbons (Fsp3) is 0.286. The van der Waals surface area contributed by atoms with Crippen molar-refractivity contribution in [3.8, 4) is 17.0 Å². The monoisotopic (exact) mass is 321 g/mol. The average Bonchev–Trinajstić information content (AvgIpc) is 2.37. The van der Waals surface area contributed by atoms with Crippen molar-refractivity contribution in [2.45, 2.75) is 19.9 Å². The Bertz CT molecular complexity index is 599. The Morgan fingerprint density at radius 2 is 2.00 bits per heavy atom. The van der Waals surface area contributed by atoms with Gasteiger partial charge in [0.15, 0.2) is 0 Å². The molecule has 1 heterocycles. The lowest BCUT2D eigenvalue weighted by atomic mass is 10.1. The summed E-state index contributed by atoms with van der Waals surface area (Å²) in [5.74, 6) is 1.41. The molecule has 1 aromatic heterocycles. The number of rotatable bonds is 3. The minimum atomic E-state index is -0.197. The Balaban J connectivity index is 2.61. The van der Waals surface area contributed by atoms with Gasteiger partial charge in [-0.15, -0.1) is 0 Å². The van der Waals surface area contributed by atoms with Gasteiger partial charge in [0.2, 0.25) is 0 Å². The Morgan fingerprint density at radius 1 is 1.26 bits per heavy atom. The molecule has 0 fully saturated rings. The van der Waals surface area contributed by atoms with Gasteiger partial charge in [-0.1, -0.05) is 15.9 Å². The standard InChI is InChI=1S/C14H16BrN3O/c1-8-6-12(18-14(17-8)9(2)16)11-7-10(15)4-5-13(11)19-3/h4-7,9H,16H2,1-3H3. The first-order chi connectivity index (χ1) is 9.01. The van der Waals surface area contributed by atoms with Gasteiger partial charge in [0, 0.05) is 15.7 Å². The van der Waals surface area contributed by atoms with E-state index in [-0.39, 0.29) is 6.04 Å². The molecule has 4 nitrogen and oxygen atoms in total. The predicted molar refractivity (Wildman–Crippen MR) is 79.1 cm³/mol. The normalized spacial score (nSPS) is 12.3. The van der Waals surface area contributed by atoms with Gasteiger partial charge in [-0.2, -0.15) is 0 Å². The predicted octanol–water partition coefficient (Wildman–Crippen LogP) is 3.24. The largest absolute Gasteiger partial charge is 0.496 e. The molecule has 0 amide bonds. The highest BCUT2D eigenvalue weighted by atomic mass is 79.9. The van der Waals surface area contributed by atoms with Crippen molar-refractivity contribution in [3.63, 3.8) is 0 Å². The molecule has 1 atom stereocenters. The number of ether oxygens (including phenoxy) is 1. The van der Waals surface area contributed by atoms with Crippen LogP contribution in [0.1, 0.15) is 24.5 Å². The number of hydrogen-bond acceptors (Lipinski definition) is 4. The molecule has 0 radical (unpaired) electrons. The van der Waals surface area contributed by atoms with Gasteiger partial charge in [0.25, 0.3) is 0 Å². The van der Waals surface area contributed by atoms with E-state index in [1.807, 2.05) is 38.1 Å².